The SMILES string of the molecule is CCOC(=O)CN(C)c1ncc([N+](=O)[O-])cn1. The monoisotopic (exact) mass is 240 g/mol. The van der Waals surface area contributed by atoms with Crippen LogP contribution in [0, 0.1) is 10.1 Å². The third-order valence-corrected chi connectivity index (χ3v) is 1.85. The Bertz CT molecular complexity index is 406. The van der Waals surface area contributed by atoms with Gasteiger partial charge in [0.2, 0.25) is 5.95 Å². The molecular weight excluding hydrogens is 228 g/mol. The average Bonchev–Trinajstić information content (AvgIpc) is 2.29. The number of likely N-dealkylation sites (N-methyl/N-ethyl adjacent to an activating group) is 1. The summed E-state index contributed by atoms with van der Waals surface area (Å²) in [6.45, 7) is 2.00. The van der Waals surface area contributed by atoms with Gasteiger partial charge in [-0.25, -0.2) is 9.97 Å². The van der Waals surface area contributed by atoms with Crippen LogP contribution in [0.3, 0.4) is 0 Å². The third kappa shape index (κ3) is 3.67. The van der Waals surface area contributed by atoms with E-state index >= 15 is 0 Å². The van der Waals surface area contributed by atoms with E-state index in [2.05, 4.69) is 9.97 Å². The number of carbonyl (C=O) groups is 1. The van der Waals surface area contributed by atoms with Gasteiger partial charge in [-0.3, -0.25) is 14.9 Å². The Kier molecular flexibility index (Phi) is 4.32. The maximum Gasteiger partial charge on any atom is 0.325 e. The van der Waals surface area contributed by atoms with Gasteiger partial charge in [0.25, 0.3) is 0 Å². The highest BCUT2D eigenvalue weighted by molar-refractivity contribution is 5.74. The number of hydrogen-bond donors (Lipinski definition) is 0. The van der Waals surface area contributed by atoms with Crippen LogP contribution in [-0.4, -0.2) is 41.1 Å². The van der Waals surface area contributed by atoms with Gasteiger partial charge in [0.15, 0.2) is 0 Å². The summed E-state index contributed by atoms with van der Waals surface area (Å²) in [5, 5.41) is 10.4. The molecule has 1 rings (SSSR count). The summed E-state index contributed by atoms with van der Waals surface area (Å²) in [5.74, 6) is -0.180. The Morgan fingerprint density at radius 2 is 2.12 bits per heavy atom. The van der Waals surface area contributed by atoms with Crippen molar-refractivity contribution in [2.24, 2.45) is 0 Å². The molecule has 1 heterocycles. The lowest BCUT2D eigenvalue weighted by Crippen LogP contribution is -2.28. The molecular formula is C9H12N4O4. The van der Waals surface area contributed by atoms with E-state index in [1.54, 1.807) is 14.0 Å². The van der Waals surface area contributed by atoms with Crippen molar-refractivity contribution in [3.8, 4) is 0 Å². The molecule has 0 fully saturated rings. The van der Waals surface area contributed by atoms with E-state index in [1.807, 2.05) is 0 Å². The Morgan fingerprint density at radius 1 is 1.53 bits per heavy atom. The number of rotatable bonds is 5. The van der Waals surface area contributed by atoms with E-state index in [0.29, 0.717) is 6.61 Å². The number of esters is 1. The lowest BCUT2D eigenvalue weighted by molar-refractivity contribution is -0.385. The van der Waals surface area contributed by atoms with E-state index in [-0.39, 0.29) is 18.2 Å². The maximum atomic E-state index is 11.2. The second-order valence-corrected chi connectivity index (χ2v) is 3.16. The molecule has 0 saturated carbocycles. The number of hydrogen-bond acceptors (Lipinski definition) is 7. The van der Waals surface area contributed by atoms with Crippen molar-refractivity contribution < 1.29 is 14.5 Å². The minimum Gasteiger partial charge on any atom is -0.465 e. The lowest BCUT2D eigenvalue weighted by Gasteiger charge is -2.14. The molecule has 17 heavy (non-hydrogen) atoms. The van der Waals surface area contributed by atoms with Crippen molar-refractivity contribution in [3.05, 3.63) is 22.5 Å². The molecule has 0 unspecified atom stereocenters. The highest BCUT2D eigenvalue weighted by atomic mass is 16.6. The second kappa shape index (κ2) is 5.73. The Balaban J connectivity index is 2.66. The van der Waals surface area contributed by atoms with Crippen molar-refractivity contribution >= 4 is 17.6 Å². The Morgan fingerprint density at radius 3 is 2.59 bits per heavy atom. The highest BCUT2D eigenvalue weighted by Gasteiger charge is 2.12. The summed E-state index contributed by atoms with van der Waals surface area (Å²) < 4.78 is 4.75. The molecule has 0 aliphatic heterocycles. The highest BCUT2D eigenvalue weighted by Crippen LogP contribution is 2.10. The van der Waals surface area contributed by atoms with Crippen molar-refractivity contribution in [3.63, 3.8) is 0 Å². The van der Waals surface area contributed by atoms with Gasteiger partial charge in [-0.2, -0.15) is 0 Å². The fourth-order valence-electron chi connectivity index (χ4n) is 1.08. The summed E-state index contributed by atoms with van der Waals surface area (Å²) in [7, 11) is 1.60. The molecule has 0 amide bonds. The van der Waals surface area contributed by atoms with Crippen LogP contribution in [0.25, 0.3) is 0 Å². The quantitative estimate of drug-likeness (QED) is 0.417. The van der Waals surface area contributed by atoms with Gasteiger partial charge in [0.1, 0.15) is 18.9 Å². The predicted molar refractivity (Wildman–Crippen MR) is 58.6 cm³/mol. The Hall–Kier alpha value is -2.25. The van der Waals surface area contributed by atoms with Crippen LogP contribution in [0.5, 0.6) is 0 Å². The van der Waals surface area contributed by atoms with Gasteiger partial charge in [0, 0.05) is 7.05 Å². The zero-order valence-corrected chi connectivity index (χ0v) is 9.49. The summed E-state index contributed by atoms with van der Waals surface area (Å²) in [6, 6.07) is 0. The summed E-state index contributed by atoms with van der Waals surface area (Å²) in [4.78, 5) is 30.0. The molecule has 0 aliphatic rings. The normalized spacial score (nSPS) is 9.76. The van der Waals surface area contributed by atoms with Crippen molar-refractivity contribution in [1.29, 1.82) is 0 Å². The zero-order valence-electron chi connectivity index (χ0n) is 9.49. The Labute approximate surface area is 97.4 Å². The van der Waals surface area contributed by atoms with Gasteiger partial charge < -0.3 is 9.64 Å². The van der Waals surface area contributed by atoms with Gasteiger partial charge in [0.05, 0.1) is 11.5 Å². The van der Waals surface area contributed by atoms with Crippen LogP contribution in [-0.2, 0) is 9.53 Å². The van der Waals surface area contributed by atoms with Crippen LogP contribution < -0.4 is 4.90 Å². The molecule has 8 heteroatoms. The predicted octanol–water partition coefficient (Wildman–Crippen LogP) is 0.384. The molecule has 92 valence electrons. The fourth-order valence-corrected chi connectivity index (χ4v) is 1.08. The van der Waals surface area contributed by atoms with Crippen LogP contribution in [0.4, 0.5) is 11.6 Å². The molecule has 0 bridgehead atoms. The summed E-state index contributed by atoms with van der Waals surface area (Å²) in [5.41, 5.74) is -0.196. The zero-order chi connectivity index (χ0) is 12.8. The number of nitro groups is 1. The first-order chi connectivity index (χ1) is 8.04. The molecule has 0 radical (unpaired) electrons. The standard InChI is InChI=1S/C9H12N4O4/c1-3-17-8(14)6-12(2)9-10-4-7(5-11-9)13(15)16/h4-5H,3,6H2,1-2H3. The first-order valence-electron chi connectivity index (χ1n) is 4.87. The van der Waals surface area contributed by atoms with E-state index in [1.165, 1.54) is 4.90 Å². The topological polar surface area (TPSA) is 98.5 Å². The minimum atomic E-state index is -0.588. The summed E-state index contributed by atoms with van der Waals surface area (Å²) in [6.07, 6.45) is 2.17. The van der Waals surface area contributed by atoms with E-state index in [0.717, 1.165) is 12.4 Å². The fraction of sp³-hybridized carbons (Fsp3) is 0.444. The third-order valence-electron chi connectivity index (χ3n) is 1.85. The van der Waals surface area contributed by atoms with Crippen LogP contribution in [0.1, 0.15) is 6.92 Å². The van der Waals surface area contributed by atoms with Gasteiger partial charge >= 0.3 is 11.7 Å². The number of aromatic nitrogens is 2. The first-order valence-corrected chi connectivity index (χ1v) is 4.87. The van der Waals surface area contributed by atoms with Crippen molar-refractivity contribution in [2.45, 2.75) is 6.92 Å². The van der Waals surface area contributed by atoms with Crippen LogP contribution in [0.2, 0.25) is 0 Å². The number of anilines is 1. The lowest BCUT2D eigenvalue weighted by atomic mass is 10.5. The molecule has 0 saturated heterocycles. The molecule has 0 aliphatic carbocycles. The molecule has 1 aromatic rings. The van der Waals surface area contributed by atoms with Crippen LogP contribution in [0.15, 0.2) is 12.4 Å². The minimum absolute atomic E-state index is 0.00828. The van der Waals surface area contributed by atoms with Gasteiger partial charge in [-0.1, -0.05) is 0 Å². The number of nitrogens with zero attached hydrogens (tertiary/aromatic N) is 4. The van der Waals surface area contributed by atoms with Crippen LogP contribution >= 0.6 is 0 Å². The molecule has 0 aromatic carbocycles. The van der Waals surface area contributed by atoms with Gasteiger partial charge in [-0.15, -0.1) is 0 Å². The molecule has 8 nitrogen and oxygen atoms in total. The second-order valence-electron chi connectivity index (χ2n) is 3.16. The van der Waals surface area contributed by atoms with E-state index in [9.17, 15) is 14.9 Å². The maximum absolute atomic E-state index is 11.2. The average molecular weight is 240 g/mol. The molecule has 0 spiro atoms. The van der Waals surface area contributed by atoms with E-state index < -0.39 is 10.9 Å². The molecule has 0 atom stereocenters. The van der Waals surface area contributed by atoms with E-state index in [4.69, 9.17) is 4.74 Å². The molecule has 0 N–H and O–H groups in total. The number of carbonyl (C=O) groups excluding carboxylic acids is 1. The number of ether oxygens (including phenoxy) is 1. The van der Waals surface area contributed by atoms with Gasteiger partial charge in [-0.05, 0) is 6.92 Å². The smallest absolute Gasteiger partial charge is 0.325 e. The van der Waals surface area contributed by atoms with Crippen molar-refractivity contribution in [1.82, 2.24) is 9.97 Å². The summed E-state index contributed by atoms with van der Waals surface area (Å²) >= 11 is 0. The largest absolute Gasteiger partial charge is 0.465 e. The molecule has 1 aromatic heterocycles. The first kappa shape index (κ1) is 12.8. The van der Waals surface area contributed by atoms with Crippen molar-refractivity contribution in [2.75, 3.05) is 25.1 Å².